The van der Waals surface area contributed by atoms with E-state index in [1.165, 1.54) is 26.2 Å². The van der Waals surface area contributed by atoms with Crippen molar-refractivity contribution in [3.8, 4) is 0 Å². The second-order valence-electron chi connectivity index (χ2n) is 6.56. The molecule has 1 N–H and O–H groups in total. The van der Waals surface area contributed by atoms with E-state index >= 15 is 0 Å². The van der Waals surface area contributed by atoms with E-state index in [2.05, 4.69) is 5.32 Å². The second kappa shape index (κ2) is 11.4. The van der Waals surface area contributed by atoms with Crippen molar-refractivity contribution in [2.24, 2.45) is 0 Å². The summed E-state index contributed by atoms with van der Waals surface area (Å²) in [7, 11) is 2.29. The summed E-state index contributed by atoms with van der Waals surface area (Å²) < 4.78 is 31.2. The molecule has 12 heteroatoms. The Kier molecular flexibility index (Phi) is 9.59. The second-order valence-corrected chi connectivity index (χ2v) is 6.56. The number of rotatable bonds is 9. The number of hydrogen-bond acceptors (Lipinski definition) is 11. The number of methoxy groups -OCH3 is 2. The molecule has 1 heterocycles. The van der Waals surface area contributed by atoms with Crippen LogP contribution in [0.1, 0.15) is 27.7 Å². The fourth-order valence-corrected chi connectivity index (χ4v) is 2.90. The predicted molar refractivity (Wildman–Crippen MR) is 101 cm³/mol. The fraction of sp³-hybridized carbons (Fsp3) is 0.632. The summed E-state index contributed by atoms with van der Waals surface area (Å²) in [6, 6.07) is -0.940. The van der Waals surface area contributed by atoms with E-state index in [0.29, 0.717) is 0 Å². The van der Waals surface area contributed by atoms with Crippen molar-refractivity contribution in [1.82, 2.24) is 5.32 Å². The molecule has 1 rings (SSSR count). The van der Waals surface area contributed by atoms with Crippen LogP contribution in [0.25, 0.3) is 0 Å². The van der Waals surface area contributed by atoms with Gasteiger partial charge >= 0.3 is 23.9 Å². The average molecular weight is 445 g/mol. The smallest absolute Gasteiger partial charge is 0.371 e. The van der Waals surface area contributed by atoms with E-state index in [4.69, 9.17) is 28.4 Å². The molecule has 0 saturated carbocycles. The van der Waals surface area contributed by atoms with Gasteiger partial charge in [-0.3, -0.25) is 19.2 Å². The first-order valence-corrected chi connectivity index (χ1v) is 9.21. The molecule has 31 heavy (non-hydrogen) atoms. The Morgan fingerprint density at radius 2 is 1.61 bits per heavy atom. The molecular weight excluding hydrogens is 418 g/mol. The molecule has 0 bridgehead atoms. The van der Waals surface area contributed by atoms with Crippen LogP contribution in [0, 0.1) is 0 Å². The molecule has 0 spiro atoms. The highest BCUT2D eigenvalue weighted by Crippen LogP contribution is 2.30. The van der Waals surface area contributed by atoms with Gasteiger partial charge in [-0.25, -0.2) is 4.79 Å². The van der Waals surface area contributed by atoms with Crippen molar-refractivity contribution in [2.75, 3.05) is 20.8 Å². The number of amides is 1. The van der Waals surface area contributed by atoms with Crippen LogP contribution in [0.5, 0.6) is 0 Å². The third-order valence-corrected chi connectivity index (χ3v) is 4.09. The van der Waals surface area contributed by atoms with Crippen molar-refractivity contribution in [2.45, 2.75) is 57.8 Å². The van der Waals surface area contributed by atoms with Crippen LogP contribution < -0.4 is 5.32 Å². The van der Waals surface area contributed by atoms with Gasteiger partial charge in [-0.2, -0.15) is 0 Å². The van der Waals surface area contributed by atoms with E-state index in [9.17, 15) is 24.0 Å². The van der Waals surface area contributed by atoms with Crippen LogP contribution in [0.2, 0.25) is 0 Å². The maximum atomic E-state index is 12.3. The predicted octanol–water partition coefficient (Wildman–Crippen LogP) is -0.612. The Bertz CT molecular complexity index is 734. The highest BCUT2D eigenvalue weighted by Gasteiger charge is 2.51. The van der Waals surface area contributed by atoms with Crippen molar-refractivity contribution >= 4 is 29.8 Å². The number of carbonyl (C=O) groups excluding carboxylic acids is 5. The van der Waals surface area contributed by atoms with Crippen LogP contribution in [-0.2, 0) is 52.4 Å². The largest absolute Gasteiger partial charge is 0.465 e. The number of esters is 4. The van der Waals surface area contributed by atoms with Crippen LogP contribution in [0.15, 0.2) is 12.2 Å². The zero-order valence-electron chi connectivity index (χ0n) is 18.2. The molecule has 0 aromatic carbocycles. The molecular formula is C19H27NO11. The van der Waals surface area contributed by atoms with Gasteiger partial charge in [-0.15, -0.1) is 0 Å². The molecule has 12 nitrogen and oxygen atoms in total. The lowest BCUT2D eigenvalue weighted by molar-refractivity contribution is -0.259. The third kappa shape index (κ3) is 7.33. The SMILES string of the molecule is COC(=O)[C@@]1(OC)C=C[C@@H](NC(C)=O)[C@H]([C@H](OC(C)=O)[C@@H](COC(C)=O)OC(C)=O)O1. The molecule has 174 valence electrons. The standard InChI is InChI=1S/C19H27NO11/c1-10(21)20-14-7-8-19(27-6,18(25)26-5)31-16(14)17(30-13(4)24)15(29-12(3)23)9-28-11(2)22/h7-8,14-17H,9H2,1-6H3,(H,20,21)/t14-,15-,16-,17-,19-/m1/s1. The molecule has 0 aromatic heterocycles. The molecule has 5 atom stereocenters. The first kappa shape index (κ1) is 26.0. The van der Waals surface area contributed by atoms with Gasteiger partial charge in [0.1, 0.15) is 12.7 Å². The molecule has 1 aliphatic rings. The minimum absolute atomic E-state index is 0.461. The van der Waals surface area contributed by atoms with Crippen molar-refractivity contribution in [3.05, 3.63) is 12.2 Å². The summed E-state index contributed by atoms with van der Waals surface area (Å²) in [6.45, 7) is 4.10. The highest BCUT2D eigenvalue weighted by atomic mass is 16.7. The monoisotopic (exact) mass is 445 g/mol. The van der Waals surface area contributed by atoms with Crippen molar-refractivity contribution in [3.63, 3.8) is 0 Å². The van der Waals surface area contributed by atoms with Gasteiger partial charge in [0.25, 0.3) is 5.79 Å². The average Bonchev–Trinajstić information content (AvgIpc) is 2.68. The van der Waals surface area contributed by atoms with Crippen molar-refractivity contribution < 1.29 is 52.4 Å². The first-order valence-electron chi connectivity index (χ1n) is 9.21. The minimum Gasteiger partial charge on any atom is -0.465 e. The highest BCUT2D eigenvalue weighted by molar-refractivity contribution is 5.81. The molecule has 0 aliphatic carbocycles. The molecule has 0 unspecified atom stereocenters. The van der Waals surface area contributed by atoms with Crippen molar-refractivity contribution in [1.29, 1.82) is 0 Å². The Morgan fingerprint density at radius 1 is 1.00 bits per heavy atom. The van der Waals surface area contributed by atoms with Gasteiger partial charge in [0.15, 0.2) is 12.2 Å². The van der Waals surface area contributed by atoms with Crippen LogP contribution in [0.3, 0.4) is 0 Å². The number of ether oxygens (including phenoxy) is 6. The van der Waals surface area contributed by atoms with Gasteiger partial charge < -0.3 is 33.7 Å². The summed E-state index contributed by atoms with van der Waals surface area (Å²) in [6.07, 6.45) is -1.43. The lowest BCUT2D eigenvalue weighted by atomic mass is 9.95. The van der Waals surface area contributed by atoms with Crippen LogP contribution >= 0.6 is 0 Å². The maximum Gasteiger partial charge on any atom is 0.371 e. The molecule has 0 fully saturated rings. The normalized spacial score (nSPS) is 24.3. The summed E-state index contributed by atoms with van der Waals surface area (Å²) in [5, 5.41) is 2.58. The lowest BCUT2D eigenvalue weighted by Gasteiger charge is -2.42. The number of nitrogens with one attached hydrogen (secondary N) is 1. The zero-order chi connectivity index (χ0) is 23.8. The van der Waals surface area contributed by atoms with E-state index < -0.39 is 66.5 Å². The molecule has 1 amide bonds. The maximum absolute atomic E-state index is 12.3. The summed E-state index contributed by atoms with van der Waals surface area (Å²) in [5.41, 5.74) is 0. The Hall–Kier alpha value is -2.99. The van der Waals surface area contributed by atoms with Gasteiger partial charge in [0, 0.05) is 34.8 Å². The molecule has 0 aromatic rings. The topological polar surface area (TPSA) is 153 Å². The molecule has 1 aliphatic heterocycles. The Labute approximate surface area is 179 Å². The first-order chi connectivity index (χ1) is 14.5. The third-order valence-electron chi connectivity index (χ3n) is 4.09. The lowest BCUT2D eigenvalue weighted by Crippen LogP contribution is -2.62. The summed E-state index contributed by atoms with van der Waals surface area (Å²) in [4.78, 5) is 58.8. The summed E-state index contributed by atoms with van der Waals surface area (Å²) in [5.74, 6) is -5.65. The Balaban J connectivity index is 3.48. The zero-order valence-corrected chi connectivity index (χ0v) is 18.2. The number of hydrogen-bond donors (Lipinski definition) is 1. The van der Waals surface area contributed by atoms with Gasteiger partial charge in [-0.05, 0) is 6.08 Å². The van der Waals surface area contributed by atoms with E-state index in [-0.39, 0.29) is 0 Å². The van der Waals surface area contributed by atoms with E-state index in [0.717, 1.165) is 27.9 Å². The van der Waals surface area contributed by atoms with Gasteiger partial charge in [-0.1, -0.05) is 6.08 Å². The van der Waals surface area contributed by atoms with Gasteiger partial charge in [0.2, 0.25) is 5.91 Å². The minimum atomic E-state index is -2.03. The van der Waals surface area contributed by atoms with E-state index in [1.54, 1.807) is 0 Å². The van der Waals surface area contributed by atoms with Crippen LogP contribution in [-0.4, -0.2) is 80.8 Å². The fourth-order valence-electron chi connectivity index (χ4n) is 2.90. The molecule has 0 radical (unpaired) electrons. The van der Waals surface area contributed by atoms with Gasteiger partial charge in [0.05, 0.1) is 13.2 Å². The quantitative estimate of drug-likeness (QED) is 0.275. The van der Waals surface area contributed by atoms with Crippen LogP contribution in [0.4, 0.5) is 0 Å². The number of carbonyl (C=O) groups is 5. The Morgan fingerprint density at radius 3 is 2.06 bits per heavy atom. The molecule has 0 saturated heterocycles. The summed E-state index contributed by atoms with van der Waals surface area (Å²) >= 11 is 0. The van der Waals surface area contributed by atoms with E-state index in [1.807, 2.05) is 0 Å².